The molecule has 0 saturated carbocycles. The molecule has 0 unspecified atom stereocenters. The molecule has 0 spiro atoms. The number of hydrogen-bond donors (Lipinski definition) is 2. The van der Waals surface area contributed by atoms with Crippen LogP contribution in [0.25, 0.3) is 0 Å². The SMILES string of the molecule is Cc1ccc(CNC(=O)c2ccncc2C(=O)O)s1. The summed E-state index contributed by atoms with van der Waals surface area (Å²) >= 11 is 1.59. The number of rotatable bonds is 4. The van der Waals surface area contributed by atoms with Gasteiger partial charge in [-0.15, -0.1) is 11.3 Å². The number of nitrogens with zero attached hydrogens (tertiary/aromatic N) is 1. The second kappa shape index (κ2) is 5.62. The first-order valence-electron chi connectivity index (χ1n) is 5.58. The van der Waals surface area contributed by atoms with E-state index in [-0.39, 0.29) is 11.1 Å². The standard InChI is InChI=1S/C13H12N2O3S/c1-8-2-3-9(19-8)6-15-12(16)10-4-5-14-7-11(10)13(17)18/h2-5,7H,6H2,1H3,(H,15,16)(H,17,18). The van der Waals surface area contributed by atoms with E-state index < -0.39 is 11.9 Å². The van der Waals surface area contributed by atoms with E-state index in [9.17, 15) is 9.59 Å². The van der Waals surface area contributed by atoms with Gasteiger partial charge in [-0.1, -0.05) is 0 Å². The number of amides is 1. The third kappa shape index (κ3) is 3.17. The zero-order chi connectivity index (χ0) is 13.8. The number of hydrogen-bond acceptors (Lipinski definition) is 4. The van der Waals surface area contributed by atoms with Crippen molar-refractivity contribution in [2.24, 2.45) is 0 Å². The van der Waals surface area contributed by atoms with Gasteiger partial charge in [0.15, 0.2) is 0 Å². The molecule has 2 aromatic rings. The minimum Gasteiger partial charge on any atom is -0.478 e. The largest absolute Gasteiger partial charge is 0.478 e. The number of carboxylic acids is 1. The smallest absolute Gasteiger partial charge is 0.338 e. The number of thiophene rings is 1. The molecule has 0 aliphatic carbocycles. The molecule has 6 heteroatoms. The Balaban J connectivity index is 2.10. The number of nitrogens with one attached hydrogen (secondary N) is 1. The molecule has 0 radical (unpaired) electrons. The van der Waals surface area contributed by atoms with E-state index in [1.807, 2.05) is 19.1 Å². The third-order valence-electron chi connectivity index (χ3n) is 2.52. The molecule has 0 aliphatic rings. The lowest BCUT2D eigenvalue weighted by Crippen LogP contribution is -2.24. The summed E-state index contributed by atoms with van der Waals surface area (Å²) in [6.45, 7) is 2.38. The second-order valence-electron chi connectivity index (χ2n) is 3.92. The molecule has 0 saturated heterocycles. The fourth-order valence-electron chi connectivity index (χ4n) is 1.61. The van der Waals surface area contributed by atoms with Gasteiger partial charge in [-0.25, -0.2) is 4.79 Å². The minimum absolute atomic E-state index is 0.0950. The van der Waals surface area contributed by atoms with Crippen LogP contribution < -0.4 is 5.32 Å². The molecule has 1 amide bonds. The summed E-state index contributed by atoms with van der Waals surface area (Å²) in [7, 11) is 0. The minimum atomic E-state index is -1.16. The monoisotopic (exact) mass is 276 g/mol. The van der Waals surface area contributed by atoms with Gasteiger partial charge in [0.25, 0.3) is 5.91 Å². The van der Waals surface area contributed by atoms with Crippen molar-refractivity contribution in [1.82, 2.24) is 10.3 Å². The summed E-state index contributed by atoms with van der Waals surface area (Å²) in [6, 6.07) is 5.31. The second-order valence-corrected chi connectivity index (χ2v) is 5.29. The molecule has 0 aromatic carbocycles. The van der Waals surface area contributed by atoms with Crippen molar-refractivity contribution in [3.8, 4) is 0 Å². The highest BCUT2D eigenvalue weighted by atomic mass is 32.1. The zero-order valence-corrected chi connectivity index (χ0v) is 11.0. The van der Waals surface area contributed by atoms with Crippen LogP contribution in [0.15, 0.2) is 30.6 Å². The summed E-state index contributed by atoms with van der Waals surface area (Å²) < 4.78 is 0. The van der Waals surface area contributed by atoms with Crippen LogP contribution in [0.5, 0.6) is 0 Å². The Morgan fingerprint density at radius 2 is 2.11 bits per heavy atom. The maximum Gasteiger partial charge on any atom is 0.338 e. The first-order valence-corrected chi connectivity index (χ1v) is 6.40. The molecule has 0 bridgehead atoms. The first kappa shape index (κ1) is 13.2. The van der Waals surface area contributed by atoms with E-state index in [1.165, 1.54) is 23.3 Å². The summed E-state index contributed by atoms with van der Waals surface area (Å²) in [5.41, 5.74) is 0.0261. The number of carbonyl (C=O) groups excluding carboxylic acids is 1. The summed E-state index contributed by atoms with van der Waals surface area (Å²) in [4.78, 5) is 28.8. The molecule has 0 fully saturated rings. The molecule has 2 aromatic heterocycles. The van der Waals surface area contributed by atoms with Gasteiger partial charge in [-0.2, -0.15) is 0 Å². The molecule has 5 nitrogen and oxygen atoms in total. The molecular formula is C13H12N2O3S. The fraction of sp³-hybridized carbons (Fsp3) is 0.154. The summed E-state index contributed by atoms with van der Waals surface area (Å²) in [6.07, 6.45) is 2.57. The van der Waals surface area contributed by atoms with Crippen LogP contribution in [0.1, 0.15) is 30.5 Å². The number of carbonyl (C=O) groups is 2. The normalized spacial score (nSPS) is 10.2. The molecule has 19 heavy (non-hydrogen) atoms. The Bertz CT molecular complexity index is 622. The van der Waals surface area contributed by atoms with Gasteiger partial charge in [0, 0.05) is 22.1 Å². The Morgan fingerprint density at radius 3 is 2.74 bits per heavy atom. The average molecular weight is 276 g/mol. The van der Waals surface area contributed by atoms with Gasteiger partial charge in [-0.05, 0) is 25.1 Å². The average Bonchev–Trinajstić information content (AvgIpc) is 2.81. The highest BCUT2D eigenvalue weighted by molar-refractivity contribution is 7.11. The molecular weight excluding hydrogens is 264 g/mol. The topological polar surface area (TPSA) is 79.3 Å². The van der Waals surface area contributed by atoms with Crippen LogP contribution in [0.4, 0.5) is 0 Å². The Hall–Kier alpha value is -2.21. The third-order valence-corrected chi connectivity index (χ3v) is 3.52. The Labute approximate surface area is 113 Å². The van der Waals surface area contributed by atoms with Gasteiger partial charge in [-0.3, -0.25) is 9.78 Å². The molecule has 2 rings (SSSR count). The Morgan fingerprint density at radius 1 is 1.32 bits per heavy atom. The van der Waals surface area contributed by atoms with Gasteiger partial charge >= 0.3 is 5.97 Å². The van der Waals surface area contributed by atoms with Crippen LogP contribution in [0.2, 0.25) is 0 Å². The Kier molecular flexibility index (Phi) is 3.91. The van der Waals surface area contributed by atoms with Crippen molar-refractivity contribution >= 4 is 23.2 Å². The van der Waals surface area contributed by atoms with Gasteiger partial charge in [0.05, 0.1) is 17.7 Å². The van der Waals surface area contributed by atoms with Crippen LogP contribution in [-0.4, -0.2) is 22.0 Å². The fourth-order valence-corrected chi connectivity index (χ4v) is 2.44. The number of aryl methyl sites for hydroxylation is 1. The lowest BCUT2D eigenvalue weighted by molar-refractivity contribution is 0.0690. The van der Waals surface area contributed by atoms with E-state index >= 15 is 0 Å². The summed E-state index contributed by atoms with van der Waals surface area (Å²) in [5.74, 6) is -1.57. The predicted octanol–water partition coefficient (Wildman–Crippen LogP) is 2.08. The van der Waals surface area contributed by atoms with Crippen molar-refractivity contribution < 1.29 is 14.7 Å². The van der Waals surface area contributed by atoms with Crippen LogP contribution in [0.3, 0.4) is 0 Å². The van der Waals surface area contributed by atoms with E-state index in [0.717, 1.165) is 4.88 Å². The lowest BCUT2D eigenvalue weighted by Gasteiger charge is -2.06. The van der Waals surface area contributed by atoms with Crippen molar-refractivity contribution in [1.29, 1.82) is 0 Å². The van der Waals surface area contributed by atoms with E-state index in [4.69, 9.17) is 5.11 Å². The number of aromatic nitrogens is 1. The quantitative estimate of drug-likeness (QED) is 0.896. The number of aromatic carboxylic acids is 1. The van der Waals surface area contributed by atoms with E-state index in [0.29, 0.717) is 6.54 Å². The first-order chi connectivity index (χ1) is 9.08. The van der Waals surface area contributed by atoms with E-state index in [2.05, 4.69) is 10.3 Å². The highest BCUT2D eigenvalue weighted by Gasteiger charge is 2.16. The van der Waals surface area contributed by atoms with Crippen molar-refractivity contribution in [2.75, 3.05) is 0 Å². The number of carboxylic acid groups (broad SMARTS) is 1. The highest BCUT2D eigenvalue weighted by Crippen LogP contribution is 2.15. The zero-order valence-electron chi connectivity index (χ0n) is 10.2. The van der Waals surface area contributed by atoms with E-state index in [1.54, 1.807) is 11.3 Å². The molecule has 2 N–H and O–H groups in total. The van der Waals surface area contributed by atoms with Gasteiger partial charge in [0.1, 0.15) is 0 Å². The molecule has 0 aliphatic heterocycles. The summed E-state index contributed by atoms with van der Waals surface area (Å²) in [5, 5.41) is 11.7. The maximum atomic E-state index is 12.0. The van der Waals surface area contributed by atoms with Crippen molar-refractivity contribution in [3.63, 3.8) is 0 Å². The van der Waals surface area contributed by atoms with Crippen LogP contribution >= 0.6 is 11.3 Å². The maximum absolute atomic E-state index is 12.0. The van der Waals surface area contributed by atoms with Gasteiger partial charge in [0.2, 0.25) is 0 Å². The molecule has 98 valence electrons. The van der Waals surface area contributed by atoms with Crippen LogP contribution in [-0.2, 0) is 6.54 Å². The van der Waals surface area contributed by atoms with Crippen molar-refractivity contribution in [3.05, 3.63) is 51.5 Å². The molecule has 0 atom stereocenters. The lowest BCUT2D eigenvalue weighted by atomic mass is 10.1. The molecule has 2 heterocycles. The van der Waals surface area contributed by atoms with Gasteiger partial charge < -0.3 is 10.4 Å². The van der Waals surface area contributed by atoms with Crippen LogP contribution in [0, 0.1) is 6.92 Å². The predicted molar refractivity (Wildman–Crippen MR) is 71.4 cm³/mol. The van der Waals surface area contributed by atoms with Crippen molar-refractivity contribution in [2.45, 2.75) is 13.5 Å². The number of pyridine rings is 1.